The first-order chi connectivity index (χ1) is 9.50. The number of aryl methyl sites for hydroxylation is 1. The summed E-state index contributed by atoms with van der Waals surface area (Å²) in [6.45, 7) is 8.59. The van der Waals surface area contributed by atoms with E-state index in [2.05, 4.69) is 36.4 Å². The van der Waals surface area contributed by atoms with E-state index < -0.39 is 0 Å². The van der Waals surface area contributed by atoms with Gasteiger partial charge >= 0.3 is 0 Å². The minimum absolute atomic E-state index is 0.169. The highest BCUT2D eigenvalue weighted by Crippen LogP contribution is 2.23. The van der Waals surface area contributed by atoms with Crippen LogP contribution in [-0.2, 0) is 0 Å². The molecule has 2 atom stereocenters. The van der Waals surface area contributed by atoms with E-state index in [1.165, 1.54) is 5.56 Å². The van der Waals surface area contributed by atoms with Crippen molar-refractivity contribution in [2.24, 2.45) is 0 Å². The first kappa shape index (κ1) is 14.8. The van der Waals surface area contributed by atoms with Crippen LogP contribution in [0.2, 0.25) is 0 Å². The Kier molecular flexibility index (Phi) is 4.57. The monoisotopic (exact) mass is 273 g/mol. The summed E-state index contributed by atoms with van der Waals surface area (Å²) in [4.78, 5) is 0. The Morgan fingerprint density at radius 3 is 2.45 bits per heavy atom. The van der Waals surface area contributed by atoms with Gasteiger partial charge in [0.1, 0.15) is 0 Å². The number of nitrogens with one attached hydrogen (secondary N) is 1. The van der Waals surface area contributed by atoms with Crippen LogP contribution in [0.5, 0.6) is 0 Å². The Labute approximate surface area is 120 Å². The Morgan fingerprint density at radius 1 is 1.20 bits per heavy atom. The Bertz CT molecular complexity index is 561. The van der Waals surface area contributed by atoms with E-state index in [0.717, 1.165) is 17.1 Å². The van der Waals surface area contributed by atoms with Crippen molar-refractivity contribution >= 4 is 0 Å². The number of aromatic nitrogens is 2. The van der Waals surface area contributed by atoms with Crippen molar-refractivity contribution in [1.29, 1.82) is 0 Å². The van der Waals surface area contributed by atoms with Crippen LogP contribution in [0.3, 0.4) is 0 Å². The average Bonchev–Trinajstić information content (AvgIpc) is 2.72. The maximum atomic E-state index is 9.39. The van der Waals surface area contributed by atoms with Crippen molar-refractivity contribution in [3.8, 4) is 5.69 Å². The van der Waals surface area contributed by atoms with Crippen LogP contribution in [0.1, 0.15) is 36.8 Å². The molecule has 0 saturated heterocycles. The van der Waals surface area contributed by atoms with Gasteiger partial charge in [-0.05, 0) is 39.8 Å². The van der Waals surface area contributed by atoms with E-state index in [4.69, 9.17) is 0 Å². The zero-order valence-electron chi connectivity index (χ0n) is 12.6. The number of hydrogen-bond donors (Lipinski definition) is 2. The summed E-state index contributed by atoms with van der Waals surface area (Å²) in [5.74, 6) is 0. The molecule has 4 nitrogen and oxygen atoms in total. The van der Waals surface area contributed by atoms with Crippen LogP contribution in [0.25, 0.3) is 5.69 Å². The molecule has 108 valence electrons. The van der Waals surface area contributed by atoms with E-state index in [9.17, 15) is 5.11 Å². The number of aliphatic hydroxyl groups excluding tert-OH is 1. The SMILES string of the molecule is Cc1nn(-c2ccccc2)c(C)c1C(C)NCC(C)O. The molecule has 0 aliphatic carbocycles. The van der Waals surface area contributed by atoms with Crippen molar-refractivity contribution in [2.75, 3.05) is 6.54 Å². The van der Waals surface area contributed by atoms with Crippen LogP contribution in [0, 0.1) is 13.8 Å². The molecule has 0 spiro atoms. The predicted octanol–water partition coefficient (Wildman–Crippen LogP) is 2.52. The summed E-state index contributed by atoms with van der Waals surface area (Å²) in [6.07, 6.45) is -0.345. The summed E-state index contributed by atoms with van der Waals surface area (Å²) in [5.41, 5.74) is 4.44. The lowest BCUT2D eigenvalue weighted by molar-refractivity contribution is 0.187. The fourth-order valence-corrected chi connectivity index (χ4v) is 2.55. The molecule has 0 aliphatic rings. The molecule has 0 saturated carbocycles. The highest BCUT2D eigenvalue weighted by atomic mass is 16.3. The smallest absolute Gasteiger partial charge is 0.0648 e. The molecule has 2 unspecified atom stereocenters. The van der Waals surface area contributed by atoms with Gasteiger partial charge < -0.3 is 10.4 Å². The summed E-state index contributed by atoms with van der Waals surface area (Å²) >= 11 is 0. The third-order valence-corrected chi connectivity index (χ3v) is 3.50. The maximum Gasteiger partial charge on any atom is 0.0648 e. The molecule has 1 aromatic heterocycles. The predicted molar refractivity (Wildman–Crippen MR) is 81.1 cm³/mol. The second kappa shape index (κ2) is 6.20. The second-order valence-electron chi connectivity index (χ2n) is 5.31. The average molecular weight is 273 g/mol. The molecule has 0 aliphatic heterocycles. The zero-order chi connectivity index (χ0) is 14.7. The molecule has 4 heteroatoms. The molecular weight excluding hydrogens is 250 g/mol. The van der Waals surface area contributed by atoms with E-state index in [-0.39, 0.29) is 12.1 Å². The van der Waals surface area contributed by atoms with Gasteiger partial charge in [-0.15, -0.1) is 0 Å². The molecule has 2 N–H and O–H groups in total. The third-order valence-electron chi connectivity index (χ3n) is 3.50. The fraction of sp³-hybridized carbons (Fsp3) is 0.438. The normalized spacial score (nSPS) is 14.2. The molecule has 0 amide bonds. The lowest BCUT2D eigenvalue weighted by atomic mass is 10.1. The van der Waals surface area contributed by atoms with E-state index in [1.54, 1.807) is 6.92 Å². The lowest BCUT2D eigenvalue weighted by Crippen LogP contribution is -2.27. The first-order valence-corrected chi connectivity index (χ1v) is 7.03. The third kappa shape index (κ3) is 3.08. The molecule has 2 aromatic rings. The number of hydrogen-bond acceptors (Lipinski definition) is 3. The van der Waals surface area contributed by atoms with Crippen LogP contribution in [0.15, 0.2) is 30.3 Å². The highest BCUT2D eigenvalue weighted by Gasteiger charge is 2.18. The minimum Gasteiger partial charge on any atom is -0.392 e. The van der Waals surface area contributed by atoms with Gasteiger partial charge in [-0.1, -0.05) is 18.2 Å². The number of para-hydroxylation sites is 1. The molecular formula is C16H23N3O. The standard InChI is InChI=1S/C16H23N3O/c1-11(20)10-17-12(2)16-13(3)18-19(14(16)4)15-8-6-5-7-9-15/h5-9,11-12,17,20H,10H2,1-4H3. The number of rotatable bonds is 5. The molecule has 0 bridgehead atoms. The first-order valence-electron chi connectivity index (χ1n) is 7.03. The van der Waals surface area contributed by atoms with Gasteiger partial charge in [0.05, 0.1) is 17.5 Å². The number of aliphatic hydroxyl groups is 1. The summed E-state index contributed by atoms with van der Waals surface area (Å²) in [5, 5.41) is 17.4. The number of benzene rings is 1. The van der Waals surface area contributed by atoms with Gasteiger partial charge in [-0.3, -0.25) is 0 Å². The lowest BCUT2D eigenvalue weighted by Gasteiger charge is -2.16. The van der Waals surface area contributed by atoms with Crippen LogP contribution in [-0.4, -0.2) is 27.5 Å². The van der Waals surface area contributed by atoms with Gasteiger partial charge in [0.2, 0.25) is 0 Å². The van der Waals surface area contributed by atoms with Gasteiger partial charge in [0.15, 0.2) is 0 Å². The van der Waals surface area contributed by atoms with Crippen molar-refractivity contribution < 1.29 is 5.11 Å². The van der Waals surface area contributed by atoms with Crippen LogP contribution in [0.4, 0.5) is 0 Å². The van der Waals surface area contributed by atoms with Crippen molar-refractivity contribution in [2.45, 2.75) is 39.8 Å². The van der Waals surface area contributed by atoms with Gasteiger partial charge in [-0.25, -0.2) is 4.68 Å². The van der Waals surface area contributed by atoms with Crippen molar-refractivity contribution in [1.82, 2.24) is 15.1 Å². The van der Waals surface area contributed by atoms with E-state index in [1.807, 2.05) is 29.8 Å². The summed E-state index contributed by atoms with van der Waals surface area (Å²) < 4.78 is 1.98. The molecule has 0 radical (unpaired) electrons. The topological polar surface area (TPSA) is 50.1 Å². The van der Waals surface area contributed by atoms with Crippen LogP contribution >= 0.6 is 0 Å². The second-order valence-corrected chi connectivity index (χ2v) is 5.31. The summed E-state index contributed by atoms with van der Waals surface area (Å²) in [6, 6.07) is 10.3. The summed E-state index contributed by atoms with van der Waals surface area (Å²) in [7, 11) is 0. The van der Waals surface area contributed by atoms with Crippen LogP contribution < -0.4 is 5.32 Å². The Morgan fingerprint density at radius 2 is 1.85 bits per heavy atom. The molecule has 2 rings (SSSR count). The molecule has 1 heterocycles. The zero-order valence-corrected chi connectivity index (χ0v) is 12.6. The Hall–Kier alpha value is -1.65. The fourth-order valence-electron chi connectivity index (χ4n) is 2.55. The Balaban J connectivity index is 2.30. The minimum atomic E-state index is -0.345. The molecule has 20 heavy (non-hydrogen) atoms. The van der Waals surface area contributed by atoms with E-state index in [0.29, 0.717) is 6.54 Å². The molecule has 0 fully saturated rings. The van der Waals surface area contributed by atoms with Crippen molar-refractivity contribution in [3.05, 3.63) is 47.3 Å². The number of nitrogens with zero attached hydrogens (tertiary/aromatic N) is 2. The maximum absolute atomic E-state index is 9.39. The van der Waals surface area contributed by atoms with Gasteiger partial charge in [-0.2, -0.15) is 5.10 Å². The largest absolute Gasteiger partial charge is 0.392 e. The van der Waals surface area contributed by atoms with Crippen molar-refractivity contribution in [3.63, 3.8) is 0 Å². The van der Waals surface area contributed by atoms with E-state index >= 15 is 0 Å². The van der Waals surface area contributed by atoms with Gasteiger partial charge in [0.25, 0.3) is 0 Å². The highest BCUT2D eigenvalue weighted by molar-refractivity contribution is 5.38. The molecule has 1 aromatic carbocycles. The quantitative estimate of drug-likeness (QED) is 0.880. The van der Waals surface area contributed by atoms with Gasteiger partial charge in [0, 0.05) is 23.8 Å².